The third kappa shape index (κ3) is 3.88. The molecule has 1 aliphatic carbocycles. The zero-order valence-electron chi connectivity index (χ0n) is 20.7. The van der Waals surface area contributed by atoms with Crippen LogP contribution in [-0.4, -0.2) is 44.3 Å². The van der Waals surface area contributed by atoms with Crippen molar-refractivity contribution >= 4 is 11.8 Å². The predicted molar refractivity (Wildman–Crippen MR) is 125 cm³/mol. The molecule has 0 saturated carbocycles. The predicted octanol–water partition coefficient (Wildman–Crippen LogP) is 5.14. The lowest BCUT2D eigenvalue weighted by molar-refractivity contribution is -0.132. The van der Waals surface area contributed by atoms with Gasteiger partial charge >= 0.3 is 5.97 Å². The Bertz CT molecular complexity index is 1060. The fourth-order valence-electron chi connectivity index (χ4n) is 4.91. The lowest BCUT2D eigenvalue weighted by atomic mass is 9.67. The Labute approximate surface area is 190 Å². The molecule has 32 heavy (non-hydrogen) atoms. The molecule has 0 heterocycles. The third-order valence-electron chi connectivity index (χ3n) is 6.95. The van der Waals surface area contributed by atoms with Crippen molar-refractivity contribution in [3.8, 4) is 11.5 Å². The molecule has 0 aliphatic heterocycles. The van der Waals surface area contributed by atoms with Gasteiger partial charge in [-0.1, -0.05) is 11.6 Å². The van der Waals surface area contributed by atoms with E-state index in [4.69, 9.17) is 14.2 Å². The van der Waals surface area contributed by atoms with Gasteiger partial charge in [0.05, 0.1) is 31.5 Å². The van der Waals surface area contributed by atoms with Gasteiger partial charge in [-0.25, -0.2) is 4.79 Å². The van der Waals surface area contributed by atoms with Crippen LogP contribution in [0.3, 0.4) is 0 Å². The van der Waals surface area contributed by atoms with Gasteiger partial charge in [0.1, 0.15) is 11.5 Å². The van der Waals surface area contributed by atoms with E-state index in [2.05, 4.69) is 0 Å². The monoisotopic (exact) mass is 442 g/mol. The molecule has 0 radical (unpaired) electrons. The van der Waals surface area contributed by atoms with E-state index in [1.165, 1.54) is 6.08 Å². The maximum atomic E-state index is 13.4. The van der Waals surface area contributed by atoms with Crippen LogP contribution in [-0.2, 0) is 9.53 Å². The highest BCUT2D eigenvalue weighted by Crippen LogP contribution is 2.46. The first-order valence-electron chi connectivity index (χ1n) is 10.5. The van der Waals surface area contributed by atoms with Gasteiger partial charge in [-0.2, -0.15) is 0 Å². The Kier molecular flexibility index (Phi) is 7.40. The van der Waals surface area contributed by atoms with Crippen molar-refractivity contribution in [3.05, 3.63) is 56.7 Å². The zero-order valence-corrected chi connectivity index (χ0v) is 20.7. The highest BCUT2D eigenvalue weighted by Gasteiger charge is 2.42. The number of carbonyl (C=O) groups excluding carboxylic acids is 1. The van der Waals surface area contributed by atoms with Crippen LogP contribution >= 0.6 is 0 Å². The minimum absolute atomic E-state index is 0.215. The molecule has 0 aromatic heterocycles. The number of allylic oxidation sites excluding steroid dienone is 1. The fraction of sp³-hybridized carbons (Fsp3) is 0.462. The van der Waals surface area contributed by atoms with Crippen LogP contribution in [0.2, 0.25) is 0 Å². The molecule has 174 valence electrons. The van der Waals surface area contributed by atoms with E-state index in [0.717, 1.165) is 16.7 Å². The van der Waals surface area contributed by atoms with Gasteiger partial charge < -0.3 is 19.3 Å². The lowest BCUT2D eigenvalue weighted by Gasteiger charge is -2.41. The molecule has 1 N–H and O–H groups in total. The summed E-state index contributed by atoms with van der Waals surface area (Å²) >= 11 is 0. The number of aliphatic carboxylic acids is 1. The van der Waals surface area contributed by atoms with E-state index in [0.29, 0.717) is 33.8 Å². The van der Waals surface area contributed by atoms with Crippen LogP contribution in [0.5, 0.6) is 11.5 Å². The van der Waals surface area contributed by atoms with Crippen molar-refractivity contribution in [2.75, 3.05) is 21.3 Å². The molecule has 1 aromatic rings. The average Bonchev–Trinajstić information content (AvgIpc) is 2.73. The Morgan fingerprint density at radius 3 is 1.91 bits per heavy atom. The Balaban J connectivity index is 2.65. The summed E-state index contributed by atoms with van der Waals surface area (Å²) in [5, 5.41) is 9.69. The summed E-state index contributed by atoms with van der Waals surface area (Å²) in [6.45, 7) is 13.1. The number of hydrogen-bond acceptors (Lipinski definition) is 5. The van der Waals surface area contributed by atoms with E-state index in [1.54, 1.807) is 35.2 Å². The number of carboxylic acids is 1. The van der Waals surface area contributed by atoms with E-state index < -0.39 is 17.5 Å². The first kappa shape index (κ1) is 25.4. The number of ether oxygens (including phenoxy) is 3. The maximum absolute atomic E-state index is 13.4. The molecule has 6 heteroatoms. The van der Waals surface area contributed by atoms with Crippen molar-refractivity contribution in [2.24, 2.45) is 5.41 Å². The molecule has 2 atom stereocenters. The van der Waals surface area contributed by atoms with Crippen LogP contribution in [0.4, 0.5) is 0 Å². The summed E-state index contributed by atoms with van der Waals surface area (Å²) in [7, 11) is 4.69. The molecule has 0 saturated heterocycles. The van der Waals surface area contributed by atoms with Crippen molar-refractivity contribution in [1.29, 1.82) is 0 Å². The van der Waals surface area contributed by atoms with E-state index in [9.17, 15) is 14.7 Å². The van der Waals surface area contributed by atoms with Crippen LogP contribution < -0.4 is 9.47 Å². The number of carbonyl (C=O) groups is 2. The molecule has 0 bridgehead atoms. The minimum Gasteiger partial charge on any atom is -0.496 e. The Morgan fingerprint density at radius 2 is 1.44 bits per heavy atom. The average molecular weight is 443 g/mol. The second kappa shape index (κ2) is 9.33. The summed E-state index contributed by atoms with van der Waals surface area (Å²) in [5.41, 5.74) is 4.68. The van der Waals surface area contributed by atoms with Crippen LogP contribution in [0, 0.1) is 26.2 Å². The number of carboxylic acid groups (broad SMARTS) is 1. The van der Waals surface area contributed by atoms with Crippen molar-refractivity contribution in [3.63, 3.8) is 0 Å². The number of rotatable bonds is 7. The normalized spacial score (nSPS) is 21.4. The second-order valence-electron chi connectivity index (χ2n) is 8.53. The summed E-state index contributed by atoms with van der Waals surface area (Å²) < 4.78 is 16.9. The summed E-state index contributed by atoms with van der Waals surface area (Å²) in [6.07, 6.45) is 2.82. The minimum atomic E-state index is -0.980. The van der Waals surface area contributed by atoms with Gasteiger partial charge in [0.15, 0.2) is 5.78 Å². The van der Waals surface area contributed by atoms with Crippen molar-refractivity contribution in [1.82, 2.24) is 0 Å². The van der Waals surface area contributed by atoms with E-state index >= 15 is 0 Å². The SMILES string of the molecule is COc1c(C)c(C)c(OC)c(C(=O)C=CC2(C)C(C)=C(C)C(C(=O)O)=C(C)C2OC)c1C. The quantitative estimate of drug-likeness (QED) is 0.465. The number of ketones is 1. The second-order valence-corrected chi connectivity index (χ2v) is 8.53. The number of hydrogen-bond donors (Lipinski definition) is 1. The maximum Gasteiger partial charge on any atom is 0.335 e. The molecule has 2 rings (SSSR count). The molecule has 2 unspecified atom stereocenters. The zero-order chi connectivity index (χ0) is 24.5. The van der Waals surface area contributed by atoms with E-state index in [1.807, 2.05) is 40.7 Å². The number of benzene rings is 1. The lowest BCUT2D eigenvalue weighted by Crippen LogP contribution is -2.39. The molecular formula is C26H34O6. The third-order valence-corrected chi connectivity index (χ3v) is 6.95. The fourth-order valence-corrected chi connectivity index (χ4v) is 4.91. The van der Waals surface area contributed by atoms with Crippen LogP contribution in [0.15, 0.2) is 34.4 Å². The molecular weight excluding hydrogens is 408 g/mol. The molecule has 0 amide bonds. The van der Waals surface area contributed by atoms with Crippen LogP contribution in [0.1, 0.15) is 54.7 Å². The van der Waals surface area contributed by atoms with Gasteiger partial charge in [0, 0.05) is 18.1 Å². The van der Waals surface area contributed by atoms with Gasteiger partial charge in [-0.05, 0) is 76.8 Å². The van der Waals surface area contributed by atoms with Gasteiger partial charge in [-0.15, -0.1) is 0 Å². The Morgan fingerprint density at radius 1 is 0.906 bits per heavy atom. The van der Waals surface area contributed by atoms with Crippen molar-refractivity contribution < 1.29 is 28.9 Å². The van der Waals surface area contributed by atoms with Crippen molar-refractivity contribution in [2.45, 2.75) is 54.6 Å². The molecule has 1 aliphatic rings. The first-order chi connectivity index (χ1) is 14.9. The summed E-state index contributed by atoms with van der Waals surface area (Å²) in [4.78, 5) is 25.2. The van der Waals surface area contributed by atoms with E-state index in [-0.39, 0.29) is 11.4 Å². The van der Waals surface area contributed by atoms with Crippen LogP contribution in [0.25, 0.3) is 0 Å². The highest BCUT2D eigenvalue weighted by molar-refractivity contribution is 6.08. The molecule has 0 spiro atoms. The standard InChI is InChI=1S/C26H34O6/c1-13-14(2)23(31-9)21(16(4)22(13)30-8)19(27)11-12-26(7)18(6)15(3)20(25(28)29)17(5)24(26)32-10/h11-12,24H,1-10H3,(H,28,29). The largest absolute Gasteiger partial charge is 0.496 e. The first-order valence-corrected chi connectivity index (χ1v) is 10.5. The van der Waals surface area contributed by atoms with Gasteiger partial charge in [0.2, 0.25) is 0 Å². The summed E-state index contributed by atoms with van der Waals surface area (Å²) in [5.74, 6) is -0.00486. The van der Waals surface area contributed by atoms with Gasteiger partial charge in [-0.3, -0.25) is 4.79 Å². The van der Waals surface area contributed by atoms with Gasteiger partial charge in [0.25, 0.3) is 0 Å². The topological polar surface area (TPSA) is 82.1 Å². The molecule has 1 aromatic carbocycles. The smallest absolute Gasteiger partial charge is 0.335 e. The molecule has 0 fully saturated rings. The Hall–Kier alpha value is -2.86. The molecule has 6 nitrogen and oxygen atoms in total. The highest BCUT2D eigenvalue weighted by atomic mass is 16.5. The number of methoxy groups -OCH3 is 3. The summed E-state index contributed by atoms with van der Waals surface area (Å²) in [6, 6.07) is 0.